The molecule has 1 nitrogen and oxygen atoms in total. The van der Waals surface area contributed by atoms with E-state index in [-0.39, 0.29) is 0 Å². The molecule has 0 bridgehead atoms. The second-order valence-electron chi connectivity index (χ2n) is 2.57. The lowest BCUT2D eigenvalue weighted by Gasteiger charge is -2.05. The van der Waals surface area contributed by atoms with Crippen molar-refractivity contribution in [1.29, 1.82) is 0 Å². The van der Waals surface area contributed by atoms with Crippen LogP contribution in [-0.4, -0.2) is 16.5 Å². The average molecular weight is 181 g/mol. The highest BCUT2D eigenvalue weighted by molar-refractivity contribution is 6.21. The number of allylic oxidation sites excluding steroid dienone is 1. The molecule has 10 heavy (non-hydrogen) atoms. The fraction of sp³-hybridized carbons (Fsp3) is 0.714. The molecule has 0 aromatic heterocycles. The lowest BCUT2D eigenvalue weighted by atomic mass is 10.1. The summed E-state index contributed by atoms with van der Waals surface area (Å²) >= 11 is 11.1. The molecule has 0 saturated heterocycles. The second-order valence-corrected chi connectivity index (χ2v) is 3.30. The largest absolute Gasteiger partial charge is 0.374 e. The second kappa shape index (κ2) is 3.61. The highest BCUT2D eigenvalue weighted by Gasteiger charge is 2.19. The Labute approximate surface area is 70.6 Å². The predicted molar refractivity (Wildman–Crippen MR) is 43.4 cm³/mol. The van der Waals surface area contributed by atoms with Crippen molar-refractivity contribution >= 4 is 23.2 Å². The molecule has 0 heterocycles. The van der Waals surface area contributed by atoms with Crippen molar-refractivity contribution in [2.75, 3.05) is 5.88 Å². The fourth-order valence-electron chi connectivity index (χ4n) is 1.13. The Hall–Kier alpha value is 0.280. The zero-order valence-corrected chi connectivity index (χ0v) is 7.07. The van der Waals surface area contributed by atoms with Gasteiger partial charge in [0, 0.05) is 5.88 Å². The smallest absolute Gasteiger partial charge is 0.149 e. The third kappa shape index (κ3) is 1.88. The molecule has 1 rings (SSSR count). The molecular formula is C7H10Cl2O. The Morgan fingerprint density at radius 1 is 1.80 bits per heavy atom. The van der Waals surface area contributed by atoms with E-state index in [2.05, 4.69) is 0 Å². The van der Waals surface area contributed by atoms with Gasteiger partial charge in [-0.1, -0.05) is 17.7 Å². The van der Waals surface area contributed by atoms with Crippen LogP contribution in [-0.2, 0) is 0 Å². The summed E-state index contributed by atoms with van der Waals surface area (Å²) in [5.74, 6) is 1.15. The van der Waals surface area contributed by atoms with Gasteiger partial charge in [-0.05, 0) is 24.3 Å². The van der Waals surface area contributed by atoms with Crippen molar-refractivity contribution in [3.05, 3.63) is 11.6 Å². The first-order valence-electron chi connectivity index (χ1n) is 3.31. The molecule has 2 atom stereocenters. The summed E-state index contributed by atoms with van der Waals surface area (Å²) < 4.78 is 0. The van der Waals surface area contributed by atoms with Crippen molar-refractivity contribution in [2.24, 2.45) is 5.92 Å². The van der Waals surface area contributed by atoms with E-state index in [0.29, 0.717) is 11.8 Å². The first kappa shape index (κ1) is 8.38. The Kier molecular flexibility index (Phi) is 3.02. The average Bonchev–Trinajstić information content (AvgIpc) is 2.34. The van der Waals surface area contributed by atoms with Gasteiger partial charge in [0.1, 0.15) is 5.56 Å². The Morgan fingerprint density at radius 2 is 2.50 bits per heavy atom. The molecule has 2 unspecified atom stereocenters. The quantitative estimate of drug-likeness (QED) is 0.511. The number of halogens is 2. The summed E-state index contributed by atoms with van der Waals surface area (Å²) in [5, 5.41) is 8.92. The van der Waals surface area contributed by atoms with Crippen molar-refractivity contribution in [3.63, 3.8) is 0 Å². The Morgan fingerprint density at radius 3 is 2.80 bits per heavy atom. The van der Waals surface area contributed by atoms with Crippen LogP contribution in [0.1, 0.15) is 12.8 Å². The zero-order valence-electron chi connectivity index (χ0n) is 5.56. The molecule has 0 radical (unpaired) electrons. The zero-order chi connectivity index (χ0) is 7.56. The third-order valence-electron chi connectivity index (χ3n) is 1.76. The molecule has 0 amide bonds. The van der Waals surface area contributed by atoms with Crippen molar-refractivity contribution in [1.82, 2.24) is 0 Å². The van der Waals surface area contributed by atoms with Gasteiger partial charge in [-0.2, -0.15) is 0 Å². The minimum Gasteiger partial charge on any atom is -0.374 e. The van der Waals surface area contributed by atoms with E-state index in [0.717, 1.165) is 18.4 Å². The number of hydrogen-bond acceptors (Lipinski definition) is 1. The minimum absolute atomic E-state index is 0.491. The number of rotatable bonds is 2. The monoisotopic (exact) mass is 180 g/mol. The van der Waals surface area contributed by atoms with Crippen LogP contribution in [0.2, 0.25) is 0 Å². The maximum atomic E-state index is 8.92. The van der Waals surface area contributed by atoms with Crippen LogP contribution >= 0.6 is 23.2 Å². The number of aliphatic hydroxyl groups excluding tert-OH is 1. The fourth-order valence-corrected chi connectivity index (χ4v) is 1.54. The van der Waals surface area contributed by atoms with Crippen LogP contribution in [0.25, 0.3) is 0 Å². The summed E-state index contributed by atoms with van der Waals surface area (Å²) in [6, 6.07) is 0. The molecule has 58 valence electrons. The normalized spacial score (nSPS) is 28.3. The van der Waals surface area contributed by atoms with E-state index in [9.17, 15) is 0 Å². The van der Waals surface area contributed by atoms with Gasteiger partial charge in [0.05, 0.1) is 0 Å². The maximum absolute atomic E-state index is 8.92. The SMILES string of the molecule is OC(Cl)C1=CCC(CCl)C1. The van der Waals surface area contributed by atoms with Crippen molar-refractivity contribution in [3.8, 4) is 0 Å². The van der Waals surface area contributed by atoms with Gasteiger partial charge in [-0.3, -0.25) is 0 Å². The van der Waals surface area contributed by atoms with Crippen LogP contribution in [0.3, 0.4) is 0 Å². The first-order chi connectivity index (χ1) is 4.74. The van der Waals surface area contributed by atoms with Gasteiger partial charge in [0.25, 0.3) is 0 Å². The molecule has 0 fully saturated rings. The maximum Gasteiger partial charge on any atom is 0.149 e. The molecule has 0 aromatic carbocycles. The molecule has 0 aliphatic heterocycles. The molecule has 1 aliphatic carbocycles. The van der Waals surface area contributed by atoms with Gasteiger partial charge in [0.15, 0.2) is 0 Å². The lowest BCUT2D eigenvalue weighted by molar-refractivity contribution is 0.286. The van der Waals surface area contributed by atoms with Gasteiger partial charge >= 0.3 is 0 Å². The summed E-state index contributed by atoms with van der Waals surface area (Å²) in [6.45, 7) is 0. The van der Waals surface area contributed by atoms with Gasteiger partial charge < -0.3 is 5.11 Å². The minimum atomic E-state index is -0.798. The van der Waals surface area contributed by atoms with Gasteiger partial charge in [-0.25, -0.2) is 0 Å². The standard InChI is InChI=1S/C7H10Cl2O/c8-4-5-1-2-6(3-5)7(9)10/h2,5,7,10H,1,3-4H2. The topological polar surface area (TPSA) is 20.2 Å². The summed E-state index contributed by atoms with van der Waals surface area (Å²) in [4.78, 5) is 0. The van der Waals surface area contributed by atoms with Crippen LogP contribution in [0.5, 0.6) is 0 Å². The highest BCUT2D eigenvalue weighted by Crippen LogP contribution is 2.28. The van der Waals surface area contributed by atoms with Gasteiger partial charge in [-0.15, -0.1) is 11.6 Å². The van der Waals surface area contributed by atoms with E-state index in [1.54, 1.807) is 0 Å². The summed E-state index contributed by atoms with van der Waals surface area (Å²) in [6.07, 6.45) is 3.79. The first-order valence-corrected chi connectivity index (χ1v) is 4.28. The molecule has 1 N–H and O–H groups in total. The molecule has 0 saturated carbocycles. The van der Waals surface area contributed by atoms with E-state index in [4.69, 9.17) is 28.3 Å². The van der Waals surface area contributed by atoms with Crippen LogP contribution in [0.15, 0.2) is 11.6 Å². The highest BCUT2D eigenvalue weighted by atomic mass is 35.5. The van der Waals surface area contributed by atoms with Crippen LogP contribution in [0.4, 0.5) is 0 Å². The van der Waals surface area contributed by atoms with Crippen molar-refractivity contribution < 1.29 is 5.11 Å². The Bertz CT molecular complexity index is 143. The third-order valence-corrected chi connectivity index (χ3v) is 2.48. The number of hydrogen-bond donors (Lipinski definition) is 1. The van der Waals surface area contributed by atoms with E-state index >= 15 is 0 Å². The van der Waals surface area contributed by atoms with Gasteiger partial charge in [0.2, 0.25) is 0 Å². The number of alkyl halides is 2. The summed E-state index contributed by atoms with van der Waals surface area (Å²) in [5.41, 5.74) is 0.125. The molecule has 0 aromatic rings. The molecular weight excluding hydrogens is 171 g/mol. The van der Waals surface area contributed by atoms with E-state index in [1.165, 1.54) is 0 Å². The van der Waals surface area contributed by atoms with E-state index in [1.807, 2.05) is 6.08 Å². The Balaban J connectivity index is 2.39. The number of aliphatic hydroxyl groups is 1. The van der Waals surface area contributed by atoms with E-state index < -0.39 is 5.56 Å². The molecule has 1 aliphatic rings. The molecule has 3 heteroatoms. The predicted octanol–water partition coefficient (Wildman–Crippen LogP) is 2.12. The van der Waals surface area contributed by atoms with Crippen molar-refractivity contribution in [2.45, 2.75) is 18.4 Å². The van der Waals surface area contributed by atoms with Crippen LogP contribution in [0, 0.1) is 5.92 Å². The summed E-state index contributed by atoms with van der Waals surface area (Å²) in [7, 11) is 0. The van der Waals surface area contributed by atoms with Crippen LogP contribution < -0.4 is 0 Å². The lowest BCUT2D eigenvalue weighted by Crippen LogP contribution is -2.02. The molecule has 0 spiro atoms.